The van der Waals surface area contributed by atoms with Gasteiger partial charge in [-0.25, -0.2) is 0 Å². The van der Waals surface area contributed by atoms with E-state index in [4.69, 9.17) is 18.9 Å². The van der Waals surface area contributed by atoms with Crippen molar-refractivity contribution in [3.05, 3.63) is 243 Å². The van der Waals surface area contributed by atoms with Crippen LogP contribution in [0.25, 0.3) is 32.3 Å². The predicted molar refractivity (Wildman–Crippen MR) is 304 cm³/mol. The summed E-state index contributed by atoms with van der Waals surface area (Å²) in [5.74, 6) is 6.50. The Labute approximate surface area is 428 Å². The summed E-state index contributed by atoms with van der Waals surface area (Å²) in [7, 11) is 0. The van der Waals surface area contributed by atoms with E-state index >= 15 is 0 Å². The molecule has 6 nitrogen and oxygen atoms in total. The molecule has 0 atom stereocenters. The molecule has 344 valence electrons. The lowest BCUT2D eigenvalue weighted by Crippen LogP contribution is -2.57. The Hall–Kier alpha value is -9.65. The quantitative estimate of drug-likeness (QED) is 0.122. The maximum absolute atomic E-state index is 7.48. The van der Waals surface area contributed by atoms with Crippen LogP contribution in [0.2, 0.25) is 0 Å². The van der Waals surface area contributed by atoms with Crippen molar-refractivity contribution in [1.29, 1.82) is 0 Å². The second-order valence-corrected chi connectivity index (χ2v) is 19.4. The van der Waals surface area contributed by atoms with Gasteiger partial charge in [0.25, 0.3) is 13.4 Å². The zero-order valence-corrected chi connectivity index (χ0v) is 39.8. The van der Waals surface area contributed by atoms with E-state index < -0.39 is 0 Å². The van der Waals surface area contributed by atoms with Crippen LogP contribution in [0.5, 0.6) is 46.0 Å². The molecule has 12 aromatic carbocycles. The fourth-order valence-corrected chi connectivity index (χ4v) is 12.4. The summed E-state index contributed by atoms with van der Waals surface area (Å²) in [5, 5.41) is 6.48. The van der Waals surface area contributed by atoms with Crippen LogP contribution in [-0.2, 0) is 0 Å². The van der Waals surface area contributed by atoms with E-state index in [9.17, 15) is 0 Å². The van der Waals surface area contributed by atoms with Gasteiger partial charge in [0.15, 0.2) is 0 Å². The summed E-state index contributed by atoms with van der Waals surface area (Å²) in [6, 6.07) is 85.5. The van der Waals surface area contributed by atoms with Gasteiger partial charge in [0, 0.05) is 68.7 Å². The number of para-hydroxylation sites is 6. The van der Waals surface area contributed by atoms with Crippen LogP contribution in [0.15, 0.2) is 243 Å². The summed E-state index contributed by atoms with van der Waals surface area (Å²) >= 11 is 0. The third kappa shape index (κ3) is 6.03. The molecule has 4 heterocycles. The summed E-state index contributed by atoms with van der Waals surface area (Å²) in [6.45, 7) is -0.259. The van der Waals surface area contributed by atoms with Crippen molar-refractivity contribution in [1.82, 2.24) is 0 Å². The first-order valence-corrected chi connectivity index (χ1v) is 25.2. The Bertz CT molecular complexity index is 3910. The van der Waals surface area contributed by atoms with E-state index in [2.05, 4.69) is 252 Å². The molecule has 12 aromatic rings. The van der Waals surface area contributed by atoms with E-state index in [1.807, 2.05) is 0 Å². The molecule has 4 aliphatic rings. The molecule has 0 radical (unpaired) electrons. The monoisotopic (exact) mass is 946 g/mol. The molecule has 0 fully saturated rings. The molecule has 16 rings (SSSR count). The first kappa shape index (κ1) is 41.0. The smallest absolute Gasteiger partial charge is 0.260 e. The fourth-order valence-electron chi connectivity index (χ4n) is 12.4. The number of ether oxygens (including phenoxy) is 4. The van der Waals surface area contributed by atoms with Crippen LogP contribution < -0.4 is 61.5 Å². The molecule has 4 aliphatic heterocycles. The Kier molecular flexibility index (Phi) is 8.83. The van der Waals surface area contributed by atoms with Crippen molar-refractivity contribution in [2.24, 2.45) is 0 Å². The van der Waals surface area contributed by atoms with Crippen molar-refractivity contribution in [3.63, 3.8) is 0 Å². The molecule has 74 heavy (non-hydrogen) atoms. The normalized spacial score (nSPS) is 13.0. The summed E-state index contributed by atoms with van der Waals surface area (Å²) in [5.41, 5.74) is 12.5. The number of hydrogen-bond donors (Lipinski definition) is 0. The van der Waals surface area contributed by atoms with Gasteiger partial charge in [0.05, 0.1) is 11.4 Å². The number of benzene rings is 12. The molecule has 0 unspecified atom stereocenters. The maximum atomic E-state index is 7.48. The zero-order valence-electron chi connectivity index (χ0n) is 39.8. The first-order valence-electron chi connectivity index (χ1n) is 25.2. The topological polar surface area (TPSA) is 43.4 Å². The molecule has 8 heteroatoms. The van der Waals surface area contributed by atoms with Crippen LogP contribution in [0.1, 0.15) is 0 Å². The van der Waals surface area contributed by atoms with E-state index in [-0.39, 0.29) is 13.4 Å². The Morgan fingerprint density at radius 2 is 0.554 bits per heavy atom. The lowest BCUT2D eigenvalue weighted by atomic mass is 9.34. The number of fused-ring (bicyclic) bond motifs is 16. The molecular weight excluding hydrogens is 906 g/mol. The molecule has 0 N–H and O–H groups in total. The average molecular weight is 947 g/mol. The zero-order chi connectivity index (χ0) is 48.4. The van der Waals surface area contributed by atoms with E-state index in [1.165, 1.54) is 0 Å². The average Bonchev–Trinajstić information content (AvgIpc) is 3.48. The van der Waals surface area contributed by atoms with Gasteiger partial charge >= 0.3 is 0 Å². The Morgan fingerprint density at radius 3 is 0.932 bits per heavy atom. The largest absolute Gasteiger partial charge is 0.458 e. The SMILES string of the molecule is c1ccc(N(c2ccccc2)c2cc3c4c(c2)Oc2c(ccc5c6ccc7c(c6c6ccccc6c25)Oc2cc(N(c5ccccc5)c5ccccc5)cc5c2B7c2ccccc2O5)B4c2ccccc2O3)cc1. The molecule has 0 aliphatic carbocycles. The van der Waals surface area contributed by atoms with E-state index in [0.29, 0.717) is 0 Å². The van der Waals surface area contributed by atoms with Gasteiger partial charge in [-0.05, 0) is 104 Å². The Balaban J connectivity index is 0.927. The van der Waals surface area contributed by atoms with E-state index in [0.717, 1.165) is 145 Å². The highest BCUT2D eigenvalue weighted by molar-refractivity contribution is 6.99. The van der Waals surface area contributed by atoms with Gasteiger partial charge in [-0.2, -0.15) is 0 Å². The summed E-state index contributed by atoms with van der Waals surface area (Å²) < 4.78 is 28.7. The molecular formula is C66H40B2N2O4. The van der Waals surface area contributed by atoms with Crippen LogP contribution in [0.4, 0.5) is 34.1 Å². The molecule has 0 saturated heterocycles. The molecule has 0 aromatic heterocycles. The fraction of sp³-hybridized carbons (Fsp3) is 0. The molecule has 0 saturated carbocycles. The standard InChI is InChI=1S/C66H40B2N2O4/c1-5-19-41(20-6-1)69(42-21-7-2-8-22-42)45-37-57-63-59(39-45)73-65-53(67(63)51-29-15-17-31-55(51)71-57)35-33-49-50-34-36-54-66(62(50)48-28-14-13-27-47(48)61(49)65)74-60-40-46(38-58-64(60)68(54)52-30-16-18-32-56(52)72-58)70(43-23-9-3-10-24-43)44-25-11-4-12-26-44/h1-40H. The van der Waals surface area contributed by atoms with Gasteiger partial charge in [0.2, 0.25) is 0 Å². The van der Waals surface area contributed by atoms with Crippen LogP contribution in [0, 0.1) is 0 Å². The van der Waals surface area contributed by atoms with Crippen molar-refractivity contribution >= 4 is 113 Å². The maximum Gasteiger partial charge on any atom is 0.260 e. The minimum Gasteiger partial charge on any atom is -0.458 e. The van der Waals surface area contributed by atoms with Crippen molar-refractivity contribution in [2.45, 2.75) is 0 Å². The third-order valence-electron chi connectivity index (χ3n) is 15.4. The lowest BCUT2D eigenvalue weighted by molar-refractivity contribution is 0.466. The minimum atomic E-state index is -0.129. The highest BCUT2D eigenvalue weighted by Gasteiger charge is 2.44. The molecule has 0 amide bonds. The van der Waals surface area contributed by atoms with Gasteiger partial charge in [-0.1, -0.05) is 158 Å². The van der Waals surface area contributed by atoms with Gasteiger partial charge < -0.3 is 28.7 Å². The second kappa shape index (κ2) is 15.9. The minimum absolute atomic E-state index is 0.129. The number of rotatable bonds is 6. The van der Waals surface area contributed by atoms with Crippen LogP contribution in [-0.4, -0.2) is 13.4 Å². The number of hydrogen-bond acceptors (Lipinski definition) is 6. The number of nitrogens with zero attached hydrogens (tertiary/aromatic N) is 2. The van der Waals surface area contributed by atoms with Crippen LogP contribution >= 0.6 is 0 Å². The number of anilines is 6. The van der Waals surface area contributed by atoms with E-state index in [1.54, 1.807) is 0 Å². The van der Waals surface area contributed by atoms with Gasteiger partial charge in [-0.15, -0.1) is 0 Å². The summed E-state index contributed by atoms with van der Waals surface area (Å²) in [6.07, 6.45) is 0. The third-order valence-corrected chi connectivity index (χ3v) is 15.4. The Morgan fingerprint density at radius 1 is 0.243 bits per heavy atom. The predicted octanol–water partition coefficient (Wildman–Crippen LogP) is 13.5. The van der Waals surface area contributed by atoms with Gasteiger partial charge in [0.1, 0.15) is 46.0 Å². The van der Waals surface area contributed by atoms with Crippen molar-refractivity contribution in [3.8, 4) is 46.0 Å². The highest BCUT2D eigenvalue weighted by Crippen LogP contribution is 2.50. The first-order chi connectivity index (χ1) is 36.7. The van der Waals surface area contributed by atoms with Crippen molar-refractivity contribution < 1.29 is 18.9 Å². The van der Waals surface area contributed by atoms with Crippen molar-refractivity contribution in [2.75, 3.05) is 9.80 Å². The highest BCUT2D eigenvalue weighted by atomic mass is 16.5. The second-order valence-electron chi connectivity index (χ2n) is 19.4. The summed E-state index contributed by atoms with van der Waals surface area (Å²) in [4.78, 5) is 4.54. The lowest BCUT2D eigenvalue weighted by Gasteiger charge is -2.36. The van der Waals surface area contributed by atoms with Gasteiger partial charge in [-0.3, -0.25) is 0 Å². The molecule has 0 spiro atoms. The van der Waals surface area contributed by atoms with Crippen LogP contribution in [0.3, 0.4) is 0 Å². The molecule has 0 bridgehead atoms.